The van der Waals surface area contributed by atoms with Gasteiger partial charge in [-0.3, -0.25) is 14.4 Å². The summed E-state index contributed by atoms with van der Waals surface area (Å²) >= 11 is 0. The van der Waals surface area contributed by atoms with Crippen molar-refractivity contribution in [2.75, 3.05) is 13.2 Å². The zero-order valence-corrected chi connectivity index (χ0v) is 49.4. The summed E-state index contributed by atoms with van der Waals surface area (Å²) in [6.45, 7) is 9.14. The van der Waals surface area contributed by atoms with Crippen molar-refractivity contribution in [3.63, 3.8) is 0 Å². The molecule has 428 valence electrons. The van der Waals surface area contributed by atoms with E-state index in [1.807, 2.05) is 0 Å². The first-order chi connectivity index (χ1) is 35.4. The molecule has 0 heterocycles. The van der Waals surface area contributed by atoms with Crippen molar-refractivity contribution in [3.8, 4) is 0 Å². The van der Waals surface area contributed by atoms with Crippen LogP contribution in [-0.4, -0.2) is 37.2 Å². The lowest BCUT2D eigenvalue weighted by atomic mass is 9.99. The molecule has 0 aliphatic heterocycles. The maximum atomic E-state index is 12.9. The summed E-state index contributed by atoms with van der Waals surface area (Å²) in [6, 6.07) is 0. The van der Waals surface area contributed by atoms with Gasteiger partial charge in [-0.1, -0.05) is 342 Å². The van der Waals surface area contributed by atoms with E-state index in [4.69, 9.17) is 14.2 Å². The molecule has 0 bridgehead atoms. The highest BCUT2D eigenvalue weighted by atomic mass is 16.6. The van der Waals surface area contributed by atoms with E-state index in [9.17, 15) is 14.4 Å². The van der Waals surface area contributed by atoms with Gasteiger partial charge in [0, 0.05) is 19.3 Å². The van der Waals surface area contributed by atoms with Gasteiger partial charge >= 0.3 is 17.9 Å². The van der Waals surface area contributed by atoms with Gasteiger partial charge in [0.2, 0.25) is 0 Å². The van der Waals surface area contributed by atoms with Crippen LogP contribution in [0.5, 0.6) is 0 Å². The van der Waals surface area contributed by atoms with Gasteiger partial charge in [-0.25, -0.2) is 0 Å². The van der Waals surface area contributed by atoms with Gasteiger partial charge in [-0.15, -0.1) is 0 Å². The lowest BCUT2D eigenvalue weighted by Crippen LogP contribution is -2.30. The molecule has 2 atom stereocenters. The zero-order valence-electron chi connectivity index (χ0n) is 49.4. The van der Waals surface area contributed by atoms with Crippen LogP contribution < -0.4 is 0 Å². The Morgan fingerprint density at radius 3 is 0.722 bits per heavy atom. The lowest BCUT2D eigenvalue weighted by Gasteiger charge is -2.18. The molecule has 0 spiro atoms. The first kappa shape index (κ1) is 70.4. The molecule has 6 heteroatoms. The van der Waals surface area contributed by atoms with Crippen molar-refractivity contribution < 1.29 is 28.6 Å². The fraction of sp³-hybridized carbons (Fsp3) is 0.955. The molecule has 0 radical (unpaired) electrons. The second-order valence-electron chi connectivity index (χ2n) is 23.0. The highest BCUT2D eigenvalue weighted by molar-refractivity contribution is 5.71. The normalized spacial score (nSPS) is 12.3. The number of esters is 3. The molecular weight excluding hydrogens is 889 g/mol. The van der Waals surface area contributed by atoms with Crippen LogP contribution in [-0.2, 0) is 28.6 Å². The molecule has 0 saturated heterocycles. The van der Waals surface area contributed by atoms with E-state index in [0.29, 0.717) is 19.3 Å². The third-order valence-corrected chi connectivity index (χ3v) is 15.7. The van der Waals surface area contributed by atoms with Crippen molar-refractivity contribution in [2.24, 2.45) is 5.92 Å². The molecule has 0 aromatic rings. The molecule has 6 nitrogen and oxygen atoms in total. The minimum absolute atomic E-state index is 0.0609. The van der Waals surface area contributed by atoms with Crippen molar-refractivity contribution >= 4 is 17.9 Å². The Hall–Kier alpha value is -1.59. The quantitative estimate of drug-likeness (QED) is 0.0343. The average Bonchev–Trinajstić information content (AvgIpc) is 3.38. The highest BCUT2D eigenvalue weighted by Gasteiger charge is 2.19. The minimum atomic E-state index is -0.763. The Bertz CT molecular complexity index is 1090. The van der Waals surface area contributed by atoms with Crippen LogP contribution in [0, 0.1) is 5.92 Å². The molecule has 0 saturated carbocycles. The van der Waals surface area contributed by atoms with Gasteiger partial charge in [0.25, 0.3) is 0 Å². The SMILES string of the molecule is CCCCCCCCCCCCCCCCCCCC(=O)OC[C@H](COC(=O)CCCCCCCCCCCCCCCCCCCCC(C)CC)OC(=O)CCCCCCCCCCCCCCCCC. The summed E-state index contributed by atoms with van der Waals surface area (Å²) in [5, 5.41) is 0. The smallest absolute Gasteiger partial charge is 0.306 e. The van der Waals surface area contributed by atoms with E-state index >= 15 is 0 Å². The number of ether oxygens (including phenoxy) is 3. The topological polar surface area (TPSA) is 78.9 Å². The summed E-state index contributed by atoms with van der Waals surface area (Å²) in [7, 11) is 0. The Morgan fingerprint density at radius 2 is 0.486 bits per heavy atom. The van der Waals surface area contributed by atoms with Crippen molar-refractivity contribution in [3.05, 3.63) is 0 Å². The summed E-state index contributed by atoms with van der Waals surface area (Å²) in [5.41, 5.74) is 0. The molecule has 0 fully saturated rings. The van der Waals surface area contributed by atoms with Crippen LogP contribution in [0.15, 0.2) is 0 Å². The first-order valence-electron chi connectivity index (χ1n) is 32.9. The van der Waals surface area contributed by atoms with E-state index in [2.05, 4.69) is 27.7 Å². The van der Waals surface area contributed by atoms with Crippen LogP contribution in [0.25, 0.3) is 0 Å². The molecule has 0 rings (SSSR count). The van der Waals surface area contributed by atoms with Gasteiger partial charge < -0.3 is 14.2 Å². The average molecular weight is 1020 g/mol. The van der Waals surface area contributed by atoms with E-state index in [1.165, 1.54) is 276 Å². The Morgan fingerprint density at radius 1 is 0.278 bits per heavy atom. The Labute approximate surface area is 450 Å². The monoisotopic (exact) mass is 1020 g/mol. The highest BCUT2D eigenvalue weighted by Crippen LogP contribution is 2.19. The van der Waals surface area contributed by atoms with Crippen molar-refractivity contribution in [1.82, 2.24) is 0 Å². The summed E-state index contributed by atoms with van der Waals surface area (Å²) in [4.78, 5) is 38.3. The molecule has 0 amide bonds. The van der Waals surface area contributed by atoms with Crippen LogP contribution in [0.2, 0.25) is 0 Å². The van der Waals surface area contributed by atoms with Gasteiger partial charge in [-0.05, 0) is 25.2 Å². The zero-order chi connectivity index (χ0) is 52.3. The van der Waals surface area contributed by atoms with Gasteiger partial charge in [0.1, 0.15) is 13.2 Å². The van der Waals surface area contributed by atoms with Crippen LogP contribution in [0.3, 0.4) is 0 Å². The Kier molecular flexibility index (Phi) is 58.9. The van der Waals surface area contributed by atoms with Crippen LogP contribution >= 0.6 is 0 Å². The van der Waals surface area contributed by atoms with Gasteiger partial charge in [0.05, 0.1) is 0 Å². The number of carbonyl (C=O) groups is 3. The van der Waals surface area contributed by atoms with E-state index in [1.54, 1.807) is 0 Å². The van der Waals surface area contributed by atoms with Crippen LogP contribution in [0.4, 0.5) is 0 Å². The summed E-state index contributed by atoms with van der Waals surface area (Å²) in [5.74, 6) is 0.0849. The number of rotatable bonds is 61. The lowest BCUT2D eigenvalue weighted by molar-refractivity contribution is -0.167. The van der Waals surface area contributed by atoms with Crippen molar-refractivity contribution in [2.45, 2.75) is 387 Å². The molecule has 1 unspecified atom stereocenters. The van der Waals surface area contributed by atoms with Gasteiger partial charge in [-0.2, -0.15) is 0 Å². The molecule has 0 aromatic heterocycles. The largest absolute Gasteiger partial charge is 0.462 e. The summed E-state index contributed by atoms with van der Waals surface area (Å²) < 4.78 is 17.0. The molecule has 0 aromatic carbocycles. The third kappa shape index (κ3) is 57.7. The molecule has 0 aliphatic carbocycles. The van der Waals surface area contributed by atoms with E-state index < -0.39 is 6.10 Å². The first-order valence-corrected chi connectivity index (χ1v) is 32.9. The predicted octanol–water partition coefficient (Wildman–Crippen LogP) is 22.1. The van der Waals surface area contributed by atoms with Crippen molar-refractivity contribution in [1.29, 1.82) is 0 Å². The standard InChI is InChI=1S/C66H128O6/c1-5-8-10-12-14-16-18-20-22-25-30-33-37-41-45-49-53-57-64(67)70-60-63(72-66(69)59-55-51-47-43-39-35-28-21-19-17-15-13-11-9-6-2)61-71-65(68)58-54-50-46-42-38-34-31-27-24-23-26-29-32-36-40-44-48-52-56-62(4)7-3/h62-63H,5-61H2,1-4H3/t62?,63-/m1/s1. The second kappa shape index (κ2) is 60.3. The number of carbonyl (C=O) groups excluding carboxylic acids is 3. The number of hydrogen-bond donors (Lipinski definition) is 0. The maximum absolute atomic E-state index is 12.9. The predicted molar refractivity (Wildman–Crippen MR) is 312 cm³/mol. The fourth-order valence-electron chi connectivity index (χ4n) is 10.3. The second-order valence-corrected chi connectivity index (χ2v) is 23.0. The van der Waals surface area contributed by atoms with E-state index in [-0.39, 0.29) is 31.1 Å². The molecule has 0 aliphatic rings. The van der Waals surface area contributed by atoms with Gasteiger partial charge in [0.15, 0.2) is 6.10 Å². The van der Waals surface area contributed by atoms with Crippen LogP contribution in [0.1, 0.15) is 381 Å². The molecular formula is C66H128O6. The van der Waals surface area contributed by atoms with E-state index in [0.717, 1.165) is 63.7 Å². The minimum Gasteiger partial charge on any atom is -0.462 e. The maximum Gasteiger partial charge on any atom is 0.306 e. The number of hydrogen-bond acceptors (Lipinski definition) is 6. The fourth-order valence-corrected chi connectivity index (χ4v) is 10.3. The molecule has 0 N–H and O–H groups in total. The summed E-state index contributed by atoms with van der Waals surface area (Å²) in [6.07, 6.45) is 68.1. The number of unbranched alkanes of at least 4 members (excludes halogenated alkanes) is 47. The Balaban J connectivity index is 4.25. The molecule has 72 heavy (non-hydrogen) atoms. The third-order valence-electron chi connectivity index (χ3n) is 15.7.